The van der Waals surface area contributed by atoms with Crippen LogP contribution in [-0.2, 0) is 13.0 Å². The van der Waals surface area contributed by atoms with Crippen LogP contribution in [0.1, 0.15) is 41.4 Å². The van der Waals surface area contributed by atoms with Crippen LogP contribution < -0.4 is 0 Å². The van der Waals surface area contributed by atoms with Gasteiger partial charge >= 0.3 is 5.97 Å². The third kappa shape index (κ3) is 4.12. The monoisotopic (exact) mass is 335 g/mol. The molecule has 0 saturated heterocycles. The highest BCUT2D eigenvalue weighted by atomic mass is 16.4. The topological polar surface area (TPSA) is 68.0 Å². The Bertz CT molecular complexity index is 853. The minimum absolute atomic E-state index is 0.312. The van der Waals surface area contributed by atoms with Crippen molar-refractivity contribution in [1.82, 2.24) is 15.0 Å². The van der Waals surface area contributed by atoms with Gasteiger partial charge in [0.25, 0.3) is 0 Å². The number of unbranched alkanes of at least 4 members (excludes halogenated alkanes) is 1. The highest BCUT2D eigenvalue weighted by molar-refractivity contribution is 5.95. The molecular formula is C20H21N3O2. The SMILES string of the molecule is CCCCc1cn(Cc2ccc(-c3ccccc3C(=O)O)cc2)nn1. The molecule has 0 aliphatic heterocycles. The van der Waals surface area contributed by atoms with Crippen molar-refractivity contribution in [3.63, 3.8) is 0 Å². The summed E-state index contributed by atoms with van der Waals surface area (Å²) >= 11 is 0. The molecule has 1 aromatic heterocycles. The number of hydrogen-bond acceptors (Lipinski definition) is 3. The molecule has 1 heterocycles. The van der Waals surface area contributed by atoms with E-state index in [0.717, 1.165) is 41.6 Å². The van der Waals surface area contributed by atoms with Gasteiger partial charge in [-0.1, -0.05) is 61.0 Å². The fourth-order valence-electron chi connectivity index (χ4n) is 2.79. The van der Waals surface area contributed by atoms with E-state index in [0.29, 0.717) is 12.1 Å². The van der Waals surface area contributed by atoms with Gasteiger partial charge in [-0.15, -0.1) is 5.10 Å². The van der Waals surface area contributed by atoms with Crippen molar-refractivity contribution >= 4 is 5.97 Å². The van der Waals surface area contributed by atoms with E-state index in [1.54, 1.807) is 12.1 Å². The summed E-state index contributed by atoms with van der Waals surface area (Å²) in [6.45, 7) is 2.81. The Kier molecular flexibility index (Phi) is 5.23. The summed E-state index contributed by atoms with van der Waals surface area (Å²) < 4.78 is 1.84. The van der Waals surface area contributed by atoms with Crippen LogP contribution in [-0.4, -0.2) is 26.1 Å². The average molecular weight is 335 g/mol. The Morgan fingerprint density at radius 2 is 1.88 bits per heavy atom. The molecule has 3 rings (SSSR count). The number of nitrogens with zero attached hydrogens (tertiary/aromatic N) is 3. The maximum absolute atomic E-state index is 11.4. The number of aryl methyl sites for hydroxylation is 1. The van der Waals surface area contributed by atoms with Crippen LogP contribution in [0.2, 0.25) is 0 Å². The summed E-state index contributed by atoms with van der Waals surface area (Å²) in [5.41, 5.74) is 4.05. The zero-order chi connectivity index (χ0) is 17.6. The smallest absolute Gasteiger partial charge is 0.336 e. The number of aromatic nitrogens is 3. The molecule has 128 valence electrons. The molecule has 0 atom stereocenters. The Balaban J connectivity index is 1.75. The molecule has 0 aliphatic carbocycles. The van der Waals surface area contributed by atoms with E-state index >= 15 is 0 Å². The number of carbonyl (C=O) groups is 1. The second-order valence-electron chi connectivity index (χ2n) is 6.06. The largest absolute Gasteiger partial charge is 0.478 e. The van der Waals surface area contributed by atoms with Crippen LogP contribution in [0.3, 0.4) is 0 Å². The molecule has 0 unspecified atom stereocenters. The minimum atomic E-state index is -0.915. The fourth-order valence-corrected chi connectivity index (χ4v) is 2.79. The molecule has 0 radical (unpaired) electrons. The lowest BCUT2D eigenvalue weighted by molar-refractivity contribution is 0.0697. The Morgan fingerprint density at radius 1 is 1.12 bits per heavy atom. The number of carboxylic acid groups (broad SMARTS) is 1. The molecule has 5 nitrogen and oxygen atoms in total. The maximum Gasteiger partial charge on any atom is 0.336 e. The van der Waals surface area contributed by atoms with E-state index in [4.69, 9.17) is 0 Å². The van der Waals surface area contributed by atoms with E-state index in [1.807, 2.05) is 47.3 Å². The molecule has 0 amide bonds. The molecule has 2 aromatic carbocycles. The molecule has 0 bridgehead atoms. The van der Waals surface area contributed by atoms with Gasteiger partial charge in [-0.3, -0.25) is 0 Å². The summed E-state index contributed by atoms with van der Waals surface area (Å²) in [6, 6.07) is 14.9. The average Bonchev–Trinajstić information content (AvgIpc) is 3.08. The summed E-state index contributed by atoms with van der Waals surface area (Å²) in [5.74, 6) is -0.915. The van der Waals surface area contributed by atoms with Crippen molar-refractivity contribution in [3.05, 3.63) is 71.5 Å². The van der Waals surface area contributed by atoms with Gasteiger partial charge in [0.2, 0.25) is 0 Å². The summed E-state index contributed by atoms with van der Waals surface area (Å²) in [6.07, 6.45) is 5.22. The van der Waals surface area contributed by atoms with Gasteiger partial charge in [0.15, 0.2) is 0 Å². The maximum atomic E-state index is 11.4. The van der Waals surface area contributed by atoms with Crippen LogP contribution in [0, 0.1) is 0 Å². The molecule has 0 aliphatic rings. The van der Waals surface area contributed by atoms with E-state index < -0.39 is 5.97 Å². The summed E-state index contributed by atoms with van der Waals surface area (Å²) in [4.78, 5) is 11.4. The molecule has 5 heteroatoms. The number of carboxylic acids is 1. The summed E-state index contributed by atoms with van der Waals surface area (Å²) in [7, 11) is 0. The molecule has 0 saturated carbocycles. The lowest BCUT2D eigenvalue weighted by Gasteiger charge is -2.07. The highest BCUT2D eigenvalue weighted by Gasteiger charge is 2.10. The number of rotatable bonds is 7. The Hall–Kier alpha value is -2.95. The van der Waals surface area contributed by atoms with Crippen LogP contribution in [0.25, 0.3) is 11.1 Å². The van der Waals surface area contributed by atoms with Crippen molar-refractivity contribution in [2.45, 2.75) is 32.7 Å². The molecule has 1 N–H and O–H groups in total. The van der Waals surface area contributed by atoms with E-state index in [9.17, 15) is 9.90 Å². The van der Waals surface area contributed by atoms with E-state index in [-0.39, 0.29) is 0 Å². The predicted molar refractivity (Wildman–Crippen MR) is 96.6 cm³/mol. The van der Waals surface area contributed by atoms with Crippen LogP contribution >= 0.6 is 0 Å². The van der Waals surface area contributed by atoms with Crippen molar-refractivity contribution in [3.8, 4) is 11.1 Å². The first kappa shape index (κ1) is 16.9. The number of hydrogen-bond donors (Lipinski definition) is 1. The van der Waals surface area contributed by atoms with Gasteiger partial charge in [-0.2, -0.15) is 0 Å². The lowest BCUT2D eigenvalue weighted by Crippen LogP contribution is -2.01. The minimum Gasteiger partial charge on any atom is -0.478 e. The first-order chi connectivity index (χ1) is 12.2. The van der Waals surface area contributed by atoms with Gasteiger partial charge in [0.1, 0.15) is 0 Å². The standard InChI is InChI=1S/C20H21N3O2/c1-2-3-6-17-14-23(22-21-17)13-15-9-11-16(12-10-15)18-7-4-5-8-19(18)20(24)25/h4-5,7-12,14H,2-3,6,13H2,1H3,(H,24,25). The number of benzene rings is 2. The highest BCUT2D eigenvalue weighted by Crippen LogP contribution is 2.24. The Labute approximate surface area is 146 Å². The zero-order valence-electron chi connectivity index (χ0n) is 14.2. The van der Waals surface area contributed by atoms with Gasteiger partial charge < -0.3 is 5.11 Å². The molecule has 3 aromatic rings. The normalized spacial score (nSPS) is 10.8. The molecular weight excluding hydrogens is 314 g/mol. The first-order valence-electron chi connectivity index (χ1n) is 8.48. The Morgan fingerprint density at radius 3 is 2.60 bits per heavy atom. The van der Waals surface area contributed by atoms with Crippen molar-refractivity contribution in [1.29, 1.82) is 0 Å². The quantitative estimate of drug-likeness (QED) is 0.708. The van der Waals surface area contributed by atoms with E-state index in [1.165, 1.54) is 0 Å². The second-order valence-corrected chi connectivity index (χ2v) is 6.06. The fraction of sp³-hybridized carbons (Fsp3) is 0.250. The van der Waals surface area contributed by atoms with Gasteiger partial charge in [-0.25, -0.2) is 9.48 Å². The third-order valence-corrected chi connectivity index (χ3v) is 4.14. The van der Waals surface area contributed by atoms with Crippen molar-refractivity contribution in [2.24, 2.45) is 0 Å². The van der Waals surface area contributed by atoms with Crippen molar-refractivity contribution < 1.29 is 9.90 Å². The van der Waals surface area contributed by atoms with Crippen LogP contribution in [0.15, 0.2) is 54.7 Å². The van der Waals surface area contributed by atoms with Crippen molar-refractivity contribution in [2.75, 3.05) is 0 Å². The summed E-state index contributed by atoms with van der Waals surface area (Å²) in [5, 5.41) is 17.7. The van der Waals surface area contributed by atoms with Gasteiger partial charge in [-0.05, 0) is 35.6 Å². The van der Waals surface area contributed by atoms with Gasteiger partial charge in [0.05, 0.1) is 17.8 Å². The number of aromatic carboxylic acids is 1. The van der Waals surface area contributed by atoms with Gasteiger partial charge in [0, 0.05) is 6.20 Å². The first-order valence-corrected chi connectivity index (χ1v) is 8.48. The third-order valence-electron chi connectivity index (χ3n) is 4.14. The van der Waals surface area contributed by atoms with Crippen LogP contribution in [0.5, 0.6) is 0 Å². The van der Waals surface area contributed by atoms with E-state index in [2.05, 4.69) is 17.2 Å². The molecule has 0 fully saturated rings. The molecule has 25 heavy (non-hydrogen) atoms. The van der Waals surface area contributed by atoms with Crippen LogP contribution in [0.4, 0.5) is 0 Å². The zero-order valence-corrected chi connectivity index (χ0v) is 14.2. The predicted octanol–water partition coefficient (Wildman–Crippen LogP) is 4.03. The lowest BCUT2D eigenvalue weighted by atomic mass is 9.99. The molecule has 0 spiro atoms. The second kappa shape index (κ2) is 7.75.